The highest BCUT2D eigenvalue weighted by Crippen LogP contribution is 2.24. The van der Waals surface area contributed by atoms with Crippen LogP contribution in [0.4, 0.5) is 5.69 Å². The van der Waals surface area contributed by atoms with Gasteiger partial charge in [0.25, 0.3) is 5.91 Å². The number of methoxy groups -OCH3 is 2. The van der Waals surface area contributed by atoms with E-state index in [1.807, 2.05) is 66.7 Å². The summed E-state index contributed by atoms with van der Waals surface area (Å²) < 4.78 is 10.5. The van der Waals surface area contributed by atoms with Gasteiger partial charge in [-0.2, -0.15) is 0 Å². The van der Waals surface area contributed by atoms with Crippen molar-refractivity contribution in [2.24, 2.45) is 0 Å². The smallest absolute Gasteiger partial charge is 0.258 e. The Hall–Kier alpha value is -3.27. The van der Waals surface area contributed by atoms with Crippen molar-refractivity contribution in [2.45, 2.75) is 6.54 Å². The number of rotatable bonds is 6. The highest BCUT2D eigenvalue weighted by molar-refractivity contribution is 6.06. The summed E-state index contributed by atoms with van der Waals surface area (Å²) >= 11 is 0. The average Bonchev–Trinajstić information content (AvgIpc) is 2.72. The SMILES string of the molecule is COc1ccc(N(Cc2ccccc2)C(=O)c2cccc(OC)c2)cc1. The second-order valence-corrected chi connectivity index (χ2v) is 5.81. The van der Waals surface area contributed by atoms with E-state index in [0.717, 1.165) is 17.0 Å². The van der Waals surface area contributed by atoms with Gasteiger partial charge < -0.3 is 14.4 Å². The molecule has 0 N–H and O–H groups in total. The number of carbonyl (C=O) groups is 1. The molecule has 26 heavy (non-hydrogen) atoms. The molecule has 0 aromatic heterocycles. The molecular weight excluding hydrogens is 326 g/mol. The summed E-state index contributed by atoms with van der Waals surface area (Å²) in [7, 11) is 3.22. The van der Waals surface area contributed by atoms with E-state index in [4.69, 9.17) is 9.47 Å². The van der Waals surface area contributed by atoms with Crippen LogP contribution in [-0.4, -0.2) is 20.1 Å². The highest BCUT2D eigenvalue weighted by Gasteiger charge is 2.19. The van der Waals surface area contributed by atoms with Crippen LogP contribution in [-0.2, 0) is 6.54 Å². The van der Waals surface area contributed by atoms with Crippen molar-refractivity contribution in [3.05, 3.63) is 90.0 Å². The molecule has 0 aliphatic carbocycles. The van der Waals surface area contributed by atoms with Crippen LogP contribution < -0.4 is 14.4 Å². The lowest BCUT2D eigenvalue weighted by Gasteiger charge is -2.23. The maximum absolute atomic E-state index is 13.2. The predicted octanol–water partition coefficient (Wildman–Crippen LogP) is 4.55. The van der Waals surface area contributed by atoms with E-state index in [-0.39, 0.29) is 5.91 Å². The van der Waals surface area contributed by atoms with E-state index in [0.29, 0.717) is 17.9 Å². The molecule has 3 aromatic carbocycles. The standard InChI is InChI=1S/C22H21NO3/c1-25-20-13-11-19(12-14-20)23(16-17-7-4-3-5-8-17)22(24)18-9-6-10-21(15-18)26-2/h3-15H,16H2,1-2H3. The average molecular weight is 347 g/mol. The fraction of sp³-hybridized carbons (Fsp3) is 0.136. The van der Waals surface area contributed by atoms with Crippen molar-refractivity contribution in [1.29, 1.82) is 0 Å². The molecule has 3 aromatic rings. The summed E-state index contributed by atoms with van der Waals surface area (Å²) in [6, 6.07) is 24.6. The van der Waals surface area contributed by atoms with Crippen LogP contribution in [0.3, 0.4) is 0 Å². The van der Waals surface area contributed by atoms with E-state index in [1.54, 1.807) is 31.3 Å². The van der Waals surface area contributed by atoms with Crippen molar-refractivity contribution in [3.63, 3.8) is 0 Å². The van der Waals surface area contributed by atoms with Crippen molar-refractivity contribution >= 4 is 11.6 Å². The third-order valence-corrected chi connectivity index (χ3v) is 4.13. The van der Waals surface area contributed by atoms with Gasteiger partial charge in [0, 0.05) is 11.3 Å². The molecule has 0 saturated heterocycles. The van der Waals surface area contributed by atoms with E-state index >= 15 is 0 Å². The number of amides is 1. The molecule has 132 valence electrons. The Morgan fingerprint density at radius 1 is 0.808 bits per heavy atom. The molecule has 1 amide bonds. The normalized spacial score (nSPS) is 10.2. The molecule has 0 radical (unpaired) electrons. The Morgan fingerprint density at radius 3 is 2.15 bits per heavy atom. The molecule has 0 heterocycles. The van der Waals surface area contributed by atoms with Crippen molar-refractivity contribution < 1.29 is 14.3 Å². The largest absolute Gasteiger partial charge is 0.497 e. The Balaban J connectivity index is 1.96. The number of benzene rings is 3. The number of anilines is 1. The first kappa shape index (κ1) is 17.5. The van der Waals surface area contributed by atoms with Gasteiger partial charge in [0.15, 0.2) is 0 Å². The maximum atomic E-state index is 13.2. The highest BCUT2D eigenvalue weighted by atomic mass is 16.5. The van der Waals surface area contributed by atoms with Crippen molar-refractivity contribution in [1.82, 2.24) is 0 Å². The van der Waals surface area contributed by atoms with Crippen LogP contribution in [0.2, 0.25) is 0 Å². The van der Waals surface area contributed by atoms with Gasteiger partial charge >= 0.3 is 0 Å². The second kappa shape index (κ2) is 8.21. The van der Waals surface area contributed by atoms with Gasteiger partial charge in [-0.3, -0.25) is 4.79 Å². The van der Waals surface area contributed by atoms with Gasteiger partial charge in [0.05, 0.1) is 20.8 Å². The van der Waals surface area contributed by atoms with Crippen LogP contribution in [0.25, 0.3) is 0 Å². The lowest BCUT2D eigenvalue weighted by atomic mass is 10.1. The quantitative estimate of drug-likeness (QED) is 0.656. The molecule has 0 unspecified atom stereocenters. The number of carbonyl (C=O) groups excluding carboxylic acids is 1. The first-order chi connectivity index (χ1) is 12.7. The summed E-state index contributed by atoms with van der Waals surface area (Å²) in [4.78, 5) is 15.0. The van der Waals surface area contributed by atoms with Gasteiger partial charge in [-0.05, 0) is 48.0 Å². The summed E-state index contributed by atoms with van der Waals surface area (Å²) in [5.41, 5.74) is 2.44. The molecule has 0 bridgehead atoms. The Morgan fingerprint density at radius 2 is 1.50 bits per heavy atom. The zero-order valence-corrected chi connectivity index (χ0v) is 14.9. The molecule has 0 aliphatic heterocycles. The lowest BCUT2D eigenvalue weighted by Crippen LogP contribution is -2.30. The zero-order chi connectivity index (χ0) is 18.4. The Kier molecular flexibility index (Phi) is 5.54. The molecule has 0 spiro atoms. The molecule has 0 saturated carbocycles. The summed E-state index contributed by atoms with van der Waals surface area (Å²) in [6.07, 6.45) is 0. The van der Waals surface area contributed by atoms with E-state index in [2.05, 4.69) is 0 Å². The Labute approximate surface area is 153 Å². The monoisotopic (exact) mass is 347 g/mol. The fourth-order valence-corrected chi connectivity index (χ4v) is 2.72. The first-order valence-corrected chi connectivity index (χ1v) is 8.35. The number of nitrogens with zero attached hydrogens (tertiary/aromatic N) is 1. The molecule has 4 heteroatoms. The van der Waals surface area contributed by atoms with E-state index < -0.39 is 0 Å². The topological polar surface area (TPSA) is 38.8 Å². The van der Waals surface area contributed by atoms with Crippen LogP contribution in [0.1, 0.15) is 15.9 Å². The molecular formula is C22H21NO3. The summed E-state index contributed by atoms with van der Waals surface area (Å²) in [6.45, 7) is 0.475. The van der Waals surface area contributed by atoms with Gasteiger partial charge in [0.1, 0.15) is 11.5 Å². The van der Waals surface area contributed by atoms with Crippen LogP contribution in [0.15, 0.2) is 78.9 Å². The molecule has 0 fully saturated rings. The van der Waals surface area contributed by atoms with Crippen LogP contribution in [0.5, 0.6) is 11.5 Å². The second-order valence-electron chi connectivity index (χ2n) is 5.81. The third kappa shape index (κ3) is 4.03. The van der Waals surface area contributed by atoms with Crippen LogP contribution >= 0.6 is 0 Å². The van der Waals surface area contributed by atoms with Crippen LogP contribution in [0, 0.1) is 0 Å². The fourth-order valence-electron chi connectivity index (χ4n) is 2.72. The minimum Gasteiger partial charge on any atom is -0.497 e. The minimum atomic E-state index is -0.0853. The maximum Gasteiger partial charge on any atom is 0.258 e. The minimum absolute atomic E-state index is 0.0853. The third-order valence-electron chi connectivity index (χ3n) is 4.13. The zero-order valence-electron chi connectivity index (χ0n) is 14.9. The van der Waals surface area contributed by atoms with E-state index in [9.17, 15) is 4.79 Å². The van der Waals surface area contributed by atoms with Gasteiger partial charge in [-0.25, -0.2) is 0 Å². The molecule has 4 nitrogen and oxygen atoms in total. The molecule has 3 rings (SSSR count). The number of ether oxygens (including phenoxy) is 2. The van der Waals surface area contributed by atoms with Crippen molar-refractivity contribution in [3.8, 4) is 11.5 Å². The summed E-state index contributed by atoms with van der Waals surface area (Å²) in [5.74, 6) is 1.32. The van der Waals surface area contributed by atoms with Gasteiger partial charge in [0.2, 0.25) is 0 Å². The van der Waals surface area contributed by atoms with Gasteiger partial charge in [-0.1, -0.05) is 36.4 Å². The number of hydrogen-bond acceptors (Lipinski definition) is 3. The van der Waals surface area contributed by atoms with Crippen molar-refractivity contribution in [2.75, 3.05) is 19.1 Å². The van der Waals surface area contributed by atoms with E-state index in [1.165, 1.54) is 0 Å². The lowest BCUT2D eigenvalue weighted by molar-refractivity contribution is 0.0984. The first-order valence-electron chi connectivity index (χ1n) is 8.35. The van der Waals surface area contributed by atoms with Gasteiger partial charge in [-0.15, -0.1) is 0 Å². The number of hydrogen-bond donors (Lipinski definition) is 0. The molecule has 0 atom stereocenters. The molecule has 0 aliphatic rings. The Bertz CT molecular complexity index is 860. The predicted molar refractivity (Wildman–Crippen MR) is 103 cm³/mol. The summed E-state index contributed by atoms with van der Waals surface area (Å²) in [5, 5.41) is 0.